The van der Waals surface area contributed by atoms with E-state index in [4.69, 9.17) is 16.3 Å². The fourth-order valence-corrected chi connectivity index (χ4v) is 3.84. The molecule has 2 unspecified atom stereocenters. The van der Waals surface area contributed by atoms with Crippen molar-refractivity contribution in [3.8, 4) is 11.3 Å². The number of carbonyl (C=O) groups is 1. The van der Waals surface area contributed by atoms with Crippen LogP contribution in [0.4, 0.5) is 0 Å². The molecule has 1 saturated carbocycles. The highest BCUT2D eigenvalue weighted by Gasteiger charge is 2.46. The molecule has 1 N–H and O–H groups in total. The van der Waals surface area contributed by atoms with Crippen LogP contribution >= 0.6 is 11.6 Å². The lowest BCUT2D eigenvalue weighted by atomic mass is 10.0. The summed E-state index contributed by atoms with van der Waals surface area (Å²) < 4.78 is 7.69. The molecule has 1 saturated heterocycles. The molecule has 2 aliphatic rings. The van der Waals surface area contributed by atoms with Crippen molar-refractivity contribution in [3.05, 3.63) is 35.0 Å². The fraction of sp³-hybridized carbons (Fsp3) is 0.438. The van der Waals surface area contributed by atoms with Crippen LogP contribution in [0, 0.1) is 5.92 Å². The van der Waals surface area contributed by atoms with Gasteiger partial charge in [-0.3, -0.25) is 0 Å². The van der Waals surface area contributed by atoms with E-state index in [9.17, 15) is 9.90 Å². The molecule has 0 radical (unpaired) electrons. The summed E-state index contributed by atoms with van der Waals surface area (Å²) in [6.07, 6.45) is 5.11. The van der Waals surface area contributed by atoms with Crippen LogP contribution in [-0.2, 0) is 11.3 Å². The molecule has 23 heavy (non-hydrogen) atoms. The SMILES string of the molecule is O=C(O)c1cc(Cl)ccc1-c1cn(CC23CCC(CO2)C3)nn1. The Morgan fingerprint density at radius 1 is 1.52 bits per heavy atom. The van der Waals surface area contributed by atoms with E-state index >= 15 is 0 Å². The first-order valence-corrected chi connectivity index (χ1v) is 8.00. The number of hydrogen-bond donors (Lipinski definition) is 1. The number of halogens is 1. The molecule has 120 valence electrons. The standard InChI is InChI=1S/C16H16ClN3O3/c17-11-1-2-12(13(5-11)15(21)22)14-7-20(19-18-14)9-16-4-3-10(6-16)8-23-16/h1-2,5,7,10H,3-4,6,8-9H2,(H,21,22). The number of rotatable bonds is 4. The van der Waals surface area contributed by atoms with Crippen LogP contribution in [0.2, 0.25) is 5.02 Å². The van der Waals surface area contributed by atoms with Gasteiger partial charge in [-0.05, 0) is 37.3 Å². The van der Waals surface area contributed by atoms with E-state index in [-0.39, 0.29) is 11.2 Å². The topological polar surface area (TPSA) is 77.2 Å². The summed E-state index contributed by atoms with van der Waals surface area (Å²) in [4.78, 5) is 11.4. The number of carboxylic acid groups (broad SMARTS) is 1. The van der Waals surface area contributed by atoms with Crippen molar-refractivity contribution in [1.82, 2.24) is 15.0 Å². The quantitative estimate of drug-likeness (QED) is 0.931. The number of carboxylic acids is 1. The molecule has 0 amide bonds. The van der Waals surface area contributed by atoms with Gasteiger partial charge < -0.3 is 9.84 Å². The molecule has 1 aliphatic carbocycles. The highest BCUT2D eigenvalue weighted by molar-refractivity contribution is 6.31. The lowest BCUT2D eigenvalue weighted by molar-refractivity contribution is -0.0311. The summed E-state index contributed by atoms with van der Waals surface area (Å²) in [7, 11) is 0. The molecule has 4 rings (SSSR count). The molecular weight excluding hydrogens is 318 g/mol. The lowest BCUT2D eigenvalue weighted by Gasteiger charge is -2.26. The van der Waals surface area contributed by atoms with Crippen LogP contribution in [-0.4, -0.2) is 38.3 Å². The van der Waals surface area contributed by atoms with E-state index in [1.807, 2.05) is 0 Å². The Kier molecular flexibility index (Phi) is 3.39. The normalized spacial score (nSPS) is 25.9. The van der Waals surface area contributed by atoms with Crippen LogP contribution < -0.4 is 0 Å². The zero-order chi connectivity index (χ0) is 16.0. The van der Waals surface area contributed by atoms with Crippen molar-refractivity contribution in [2.75, 3.05) is 6.61 Å². The van der Waals surface area contributed by atoms with Gasteiger partial charge in [0.15, 0.2) is 0 Å². The Hall–Kier alpha value is -1.92. The summed E-state index contributed by atoms with van der Waals surface area (Å²) in [6.45, 7) is 1.49. The van der Waals surface area contributed by atoms with Crippen molar-refractivity contribution in [1.29, 1.82) is 0 Å². The summed E-state index contributed by atoms with van der Waals surface area (Å²) in [5, 5.41) is 18.0. The second-order valence-corrected chi connectivity index (χ2v) is 6.84. The van der Waals surface area contributed by atoms with E-state index in [1.165, 1.54) is 12.5 Å². The Morgan fingerprint density at radius 3 is 3.04 bits per heavy atom. The molecule has 7 heteroatoms. The number of ether oxygens (including phenoxy) is 1. The van der Waals surface area contributed by atoms with Crippen LogP contribution in [0.5, 0.6) is 0 Å². The number of hydrogen-bond acceptors (Lipinski definition) is 4. The predicted octanol–water partition coefficient (Wildman–Crippen LogP) is 2.87. The van der Waals surface area contributed by atoms with Gasteiger partial charge in [-0.1, -0.05) is 22.9 Å². The van der Waals surface area contributed by atoms with Gasteiger partial charge in [0.2, 0.25) is 0 Å². The van der Waals surface area contributed by atoms with Crippen LogP contribution in [0.25, 0.3) is 11.3 Å². The van der Waals surface area contributed by atoms with Crippen molar-refractivity contribution < 1.29 is 14.6 Å². The first-order chi connectivity index (χ1) is 11.0. The van der Waals surface area contributed by atoms with Gasteiger partial charge in [0.05, 0.1) is 30.5 Å². The van der Waals surface area contributed by atoms with Crippen molar-refractivity contribution in [2.24, 2.45) is 5.92 Å². The van der Waals surface area contributed by atoms with Gasteiger partial charge in [-0.25, -0.2) is 9.48 Å². The molecule has 1 aliphatic heterocycles. The van der Waals surface area contributed by atoms with Gasteiger partial charge in [0.1, 0.15) is 5.69 Å². The molecule has 1 aromatic carbocycles. The number of benzene rings is 1. The second kappa shape index (κ2) is 5.32. The largest absolute Gasteiger partial charge is 0.478 e. The van der Waals surface area contributed by atoms with E-state index < -0.39 is 5.97 Å². The molecule has 2 fully saturated rings. The highest BCUT2D eigenvalue weighted by atomic mass is 35.5. The molecule has 2 heterocycles. The molecule has 0 spiro atoms. The van der Waals surface area contributed by atoms with Crippen molar-refractivity contribution in [2.45, 2.75) is 31.4 Å². The maximum atomic E-state index is 11.4. The lowest BCUT2D eigenvalue weighted by Crippen LogP contribution is -2.32. The van der Waals surface area contributed by atoms with E-state index in [0.29, 0.717) is 28.7 Å². The zero-order valence-corrected chi connectivity index (χ0v) is 13.2. The summed E-state index contributed by atoms with van der Waals surface area (Å²) in [5.41, 5.74) is 1.05. The molecule has 2 atom stereocenters. The Balaban J connectivity index is 1.62. The maximum Gasteiger partial charge on any atom is 0.336 e. The third kappa shape index (κ3) is 2.62. The molecular formula is C16H16ClN3O3. The van der Waals surface area contributed by atoms with Crippen molar-refractivity contribution in [3.63, 3.8) is 0 Å². The molecule has 2 aromatic rings. The van der Waals surface area contributed by atoms with Gasteiger partial charge in [-0.2, -0.15) is 0 Å². The molecule has 6 nitrogen and oxygen atoms in total. The van der Waals surface area contributed by atoms with Gasteiger partial charge >= 0.3 is 5.97 Å². The third-order valence-corrected chi connectivity index (χ3v) is 5.01. The van der Waals surface area contributed by atoms with Crippen LogP contribution in [0.1, 0.15) is 29.6 Å². The van der Waals surface area contributed by atoms with E-state index in [1.54, 1.807) is 23.0 Å². The zero-order valence-electron chi connectivity index (χ0n) is 12.4. The van der Waals surface area contributed by atoms with Crippen molar-refractivity contribution >= 4 is 17.6 Å². The number of fused-ring (bicyclic) bond motifs is 2. The van der Waals surface area contributed by atoms with E-state index in [0.717, 1.165) is 19.4 Å². The van der Waals surface area contributed by atoms with E-state index in [2.05, 4.69) is 10.3 Å². The molecule has 2 bridgehead atoms. The van der Waals surface area contributed by atoms with Crippen LogP contribution in [0.3, 0.4) is 0 Å². The summed E-state index contributed by atoms with van der Waals surface area (Å²) in [5.74, 6) is -0.360. The Labute approximate surface area is 138 Å². The number of aromatic carboxylic acids is 1. The minimum atomic E-state index is -1.03. The van der Waals surface area contributed by atoms with Gasteiger partial charge in [-0.15, -0.1) is 5.10 Å². The predicted molar refractivity (Wildman–Crippen MR) is 83.5 cm³/mol. The third-order valence-electron chi connectivity index (χ3n) is 4.77. The average Bonchev–Trinajstić information content (AvgIpc) is 3.23. The summed E-state index contributed by atoms with van der Waals surface area (Å²) in [6, 6.07) is 4.75. The smallest absolute Gasteiger partial charge is 0.336 e. The second-order valence-electron chi connectivity index (χ2n) is 6.40. The monoisotopic (exact) mass is 333 g/mol. The van der Waals surface area contributed by atoms with Gasteiger partial charge in [0, 0.05) is 10.6 Å². The van der Waals surface area contributed by atoms with Crippen LogP contribution in [0.15, 0.2) is 24.4 Å². The summed E-state index contributed by atoms with van der Waals surface area (Å²) >= 11 is 5.89. The Bertz CT molecular complexity index is 766. The number of aromatic nitrogens is 3. The number of nitrogens with zero attached hydrogens (tertiary/aromatic N) is 3. The molecule has 1 aromatic heterocycles. The minimum absolute atomic E-state index is 0.120. The Morgan fingerprint density at radius 2 is 2.39 bits per heavy atom. The maximum absolute atomic E-state index is 11.4. The first kappa shape index (κ1) is 14.7. The average molecular weight is 334 g/mol. The highest BCUT2D eigenvalue weighted by Crippen LogP contribution is 2.45. The van der Waals surface area contributed by atoms with Gasteiger partial charge in [0.25, 0.3) is 0 Å². The minimum Gasteiger partial charge on any atom is -0.478 e. The fourth-order valence-electron chi connectivity index (χ4n) is 3.67. The first-order valence-electron chi connectivity index (χ1n) is 7.62.